The quantitative estimate of drug-likeness (QED) is 0.312. The Morgan fingerprint density at radius 3 is 2.66 bits per heavy atom. The number of halogens is 1. The Morgan fingerprint density at radius 2 is 1.91 bits per heavy atom. The van der Waals surface area contributed by atoms with Crippen LogP contribution >= 0.6 is 11.3 Å². The standard InChI is InChI=1S/C27H25FN4O2S/c1-3-20-16(2)29-27-32(25(20)33)24(18-7-5-4-6-8-18)26(35-27)31-13-11-17(12-14-31)23-21-10-9-19(28)15-22(21)34-30-23/h4-10,15,17H,3,11-14H2,1-2H3. The van der Waals surface area contributed by atoms with E-state index in [0.717, 1.165) is 69.5 Å². The summed E-state index contributed by atoms with van der Waals surface area (Å²) in [6, 6.07) is 14.7. The molecule has 0 N–H and O–H groups in total. The first-order valence-corrected chi connectivity index (χ1v) is 12.8. The van der Waals surface area contributed by atoms with E-state index in [1.807, 2.05) is 32.0 Å². The maximum Gasteiger partial charge on any atom is 0.262 e. The molecular weight excluding hydrogens is 463 g/mol. The third kappa shape index (κ3) is 3.63. The summed E-state index contributed by atoms with van der Waals surface area (Å²) in [6.45, 7) is 5.56. The summed E-state index contributed by atoms with van der Waals surface area (Å²) in [7, 11) is 0. The number of anilines is 1. The third-order valence-corrected chi connectivity index (χ3v) is 8.10. The van der Waals surface area contributed by atoms with Crippen LogP contribution in [-0.4, -0.2) is 27.6 Å². The molecular formula is C27H25FN4O2S. The second-order valence-corrected chi connectivity index (χ2v) is 10.00. The van der Waals surface area contributed by atoms with Crippen molar-refractivity contribution in [3.05, 3.63) is 81.7 Å². The molecule has 3 aromatic heterocycles. The van der Waals surface area contributed by atoms with Crippen molar-refractivity contribution in [3.8, 4) is 11.3 Å². The number of hydrogen-bond acceptors (Lipinski definition) is 6. The summed E-state index contributed by atoms with van der Waals surface area (Å²) in [5, 5.41) is 6.24. The second kappa shape index (κ2) is 8.61. The smallest absolute Gasteiger partial charge is 0.262 e. The molecule has 1 saturated heterocycles. The van der Waals surface area contributed by atoms with Crippen molar-refractivity contribution >= 4 is 32.3 Å². The molecule has 0 aliphatic carbocycles. The number of hydrogen-bond donors (Lipinski definition) is 0. The molecule has 178 valence electrons. The predicted molar refractivity (Wildman–Crippen MR) is 137 cm³/mol. The Labute approximate surface area is 205 Å². The zero-order valence-corrected chi connectivity index (χ0v) is 20.4. The second-order valence-electron chi connectivity index (χ2n) is 9.04. The Balaban J connectivity index is 1.39. The van der Waals surface area contributed by atoms with Gasteiger partial charge in [-0.2, -0.15) is 0 Å². The number of aromatic nitrogens is 3. The molecule has 1 fully saturated rings. The number of nitrogens with zero attached hydrogens (tertiary/aromatic N) is 4. The van der Waals surface area contributed by atoms with Gasteiger partial charge >= 0.3 is 0 Å². The normalized spacial score (nSPS) is 14.9. The van der Waals surface area contributed by atoms with Crippen LogP contribution in [0.15, 0.2) is 57.8 Å². The fraction of sp³-hybridized carbons (Fsp3) is 0.296. The fourth-order valence-corrected chi connectivity index (χ4v) is 6.42. The zero-order chi connectivity index (χ0) is 24.1. The molecule has 5 aromatic rings. The van der Waals surface area contributed by atoms with Crippen LogP contribution in [-0.2, 0) is 6.42 Å². The number of thiazole rings is 1. The van der Waals surface area contributed by atoms with E-state index < -0.39 is 0 Å². The number of piperidine rings is 1. The van der Waals surface area contributed by atoms with Gasteiger partial charge in [0.15, 0.2) is 10.5 Å². The van der Waals surface area contributed by atoms with Crippen LogP contribution < -0.4 is 10.5 Å². The van der Waals surface area contributed by atoms with Crippen LogP contribution in [0.4, 0.5) is 9.39 Å². The van der Waals surface area contributed by atoms with Gasteiger partial charge in [-0.15, -0.1) is 0 Å². The first-order valence-electron chi connectivity index (χ1n) is 12.0. The van der Waals surface area contributed by atoms with Crippen LogP contribution in [0, 0.1) is 12.7 Å². The van der Waals surface area contributed by atoms with E-state index in [0.29, 0.717) is 12.0 Å². The molecule has 1 aliphatic heterocycles. The van der Waals surface area contributed by atoms with Crippen molar-refractivity contribution in [1.82, 2.24) is 14.5 Å². The molecule has 0 amide bonds. The van der Waals surface area contributed by atoms with Crippen LogP contribution in [0.5, 0.6) is 0 Å². The lowest BCUT2D eigenvalue weighted by Crippen LogP contribution is -2.33. The van der Waals surface area contributed by atoms with Crippen molar-refractivity contribution in [1.29, 1.82) is 0 Å². The zero-order valence-electron chi connectivity index (χ0n) is 19.6. The highest BCUT2D eigenvalue weighted by Gasteiger charge is 2.29. The summed E-state index contributed by atoms with van der Waals surface area (Å²) in [5.41, 5.74) is 4.91. The topological polar surface area (TPSA) is 63.6 Å². The van der Waals surface area contributed by atoms with Gasteiger partial charge in [0, 0.05) is 47.3 Å². The number of rotatable bonds is 4. The fourth-order valence-electron chi connectivity index (χ4n) is 5.18. The Bertz CT molecular complexity index is 1600. The lowest BCUT2D eigenvalue weighted by atomic mass is 9.91. The minimum Gasteiger partial charge on any atom is -0.362 e. The molecule has 0 atom stereocenters. The minimum absolute atomic E-state index is 0.0209. The van der Waals surface area contributed by atoms with Gasteiger partial charge in [-0.25, -0.2) is 13.8 Å². The highest BCUT2D eigenvalue weighted by atomic mass is 32.1. The highest BCUT2D eigenvalue weighted by Crippen LogP contribution is 2.41. The van der Waals surface area contributed by atoms with Gasteiger partial charge in [-0.3, -0.25) is 4.79 Å². The molecule has 6 rings (SSSR count). The Morgan fingerprint density at radius 1 is 1.14 bits per heavy atom. The largest absolute Gasteiger partial charge is 0.362 e. The molecule has 0 bridgehead atoms. The predicted octanol–water partition coefficient (Wildman–Crippen LogP) is 5.96. The van der Waals surface area contributed by atoms with E-state index in [1.54, 1.807) is 21.8 Å². The maximum atomic E-state index is 13.6. The van der Waals surface area contributed by atoms with Crippen molar-refractivity contribution in [2.45, 2.75) is 39.0 Å². The Hall–Kier alpha value is -3.52. The molecule has 6 nitrogen and oxygen atoms in total. The molecule has 2 aromatic carbocycles. The minimum atomic E-state index is -0.321. The summed E-state index contributed by atoms with van der Waals surface area (Å²) in [4.78, 5) is 21.4. The summed E-state index contributed by atoms with van der Waals surface area (Å²) >= 11 is 1.58. The average Bonchev–Trinajstić information content (AvgIpc) is 3.46. The first kappa shape index (κ1) is 22.0. The molecule has 0 spiro atoms. The maximum absolute atomic E-state index is 13.6. The lowest BCUT2D eigenvalue weighted by Gasteiger charge is -2.32. The Kier molecular flexibility index (Phi) is 5.40. The average molecular weight is 489 g/mol. The van der Waals surface area contributed by atoms with Gasteiger partial charge < -0.3 is 9.42 Å². The highest BCUT2D eigenvalue weighted by molar-refractivity contribution is 7.21. The first-order chi connectivity index (χ1) is 17.0. The molecule has 4 heterocycles. The SMILES string of the molecule is CCc1c(C)nc2sc(N3CCC(c4noc5cc(F)ccc45)CC3)c(-c3ccccc3)n2c1=O. The van der Waals surface area contributed by atoms with Gasteiger partial charge in [0.25, 0.3) is 5.56 Å². The summed E-state index contributed by atoms with van der Waals surface area (Å²) in [5.74, 6) is -0.0826. The van der Waals surface area contributed by atoms with E-state index >= 15 is 0 Å². The van der Waals surface area contributed by atoms with Gasteiger partial charge in [-0.05, 0) is 38.3 Å². The molecule has 8 heteroatoms. The van der Waals surface area contributed by atoms with E-state index in [4.69, 9.17) is 9.51 Å². The van der Waals surface area contributed by atoms with E-state index in [9.17, 15) is 9.18 Å². The van der Waals surface area contributed by atoms with Crippen molar-refractivity contribution in [3.63, 3.8) is 0 Å². The summed E-state index contributed by atoms with van der Waals surface area (Å²) in [6.07, 6.45) is 2.44. The monoisotopic (exact) mass is 488 g/mol. The summed E-state index contributed by atoms with van der Waals surface area (Å²) < 4.78 is 20.8. The molecule has 0 unspecified atom stereocenters. The molecule has 1 aliphatic rings. The van der Waals surface area contributed by atoms with Crippen molar-refractivity contribution < 1.29 is 8.91 Å². The molecule has 0 radical (unpaired) electrons. The lowest BCUT2D eigenvalue weighted by molar-refractivity contribution is 0.416. The molecule has 35 heavy (non-hydrogen) atoms. The number of aryl methyl sites for hydroxylation is 1. The van der Waals surface area contributed by atoms with Crippen LogP contribution in [0.25, 0.3) is 27.2 Å². The van der Waals surface area contributed by atoms with Crippen molar-refractivity contribution in [2.24, 2.45) is 0 Å². The van der Waals surface area contributed by atoms with E-state index in [2.05, 4.69) is 22.2 Å². The van der Waals surface area contributed by atoms with E-state index in [1.165, 1.54) is 12.1 Å². The third-order valence-electron chi connectivity index (χ3n) is 7.00. The van der Waals surface area contributed by atoms with Gasteiger partial charge in [-0.1, -0.05) is 53.7 Å². The van der Waals surface area contributed by atoms with Crippen LogP contribution in [0.1, 0.15) is 42.6 Å². The molecule has 0 saturated carbocycles. The number of fused-ring (bicyclic) bond motifs is 2. The van der Waals surface area contributed by atoms with Crippen LogP contribution in [0.2, 0.25) is 0 Å². The number of benzene rings is 2. The van der Waals surface area contributed by atoms with Crippen molar-refractivity contribution in [2.75, 3.05) is 18.0 Å². The van der Waals surface area contributed by atoms with Gasteiger partial charge in [0.05, 0.1) is 11.4 Å². The van der Waals surface area contributed by atoms with E-state index in [-0.39, 0.29) is 17.3 Å². The van der Waals surface area contributed by atoms with Gasteiger partial charge in [0.1, 0.15) is 10.8 Å². The van der Waals surface area contributed by atoms with Crippen LogP contribution in [0.3, 0.4) is 0 Å². The van der Waals surface area contributed by atoms with Gasteiger partial charge in [0.2, 0.25) is 0 Å².